The second-order valence-corrected chi connectivity index (χ2v) is 8.60. The molecule has 1 aliphatic rings. The molecule has 1 heterocycles. The minimum absolute atomic E-state index is 0.0905. The highest BCUT2D eigenvalue weighted by Crippen LogP contribution is 2.28. The van der Waals surface area contributed by atoms with Crippen molar-refractivity contribution in [3.63, 3.8) is 0 Å². The summed E-state index contributed by atoms with van der Waals surface area (Å²) in [7, 11) is 0. The maximum atomic E-state index is 13.2. The van der Waals surface area contributed by atoms with Crippen LogP contribution in [-0.4, -0.2) is 38.2 Å². The lowest BCUT2D eigenvalue weighted by atomic mass is 9.94. The Morgan fingerprint density at radius 1 is 1.36 bits per heavy atom. The van der Waals surface area contributed by atoms with Crippen LogP contribution in [0.4, 0.5) is 0 Å². The minimum atomic E-state index is -0.300. The van der Waals surface area contributed by atoms with Crippen LogP contribution in [0.1, 0.15) is 46.0 Å². The summed E-state index contributed by atoms with van der Waals surface area (Å²) in [5, 5.41) is 0.861. The summed E-state index contributed by atoms with van der Waals surface area (Å²) in [6, 6.07) is 7.68. The molecule has 5 nitrogen and oxygen atoms in total. The van der Waals surface area contributed by atoms with Gasteiger partial charge in [0.2, 0.25) is 5.91 Å². The van der Waals surface area contributed by atoms with E-state index in [1.165, 1.54) is 31.0 Å². The Morgan fingerprint density at radius 2 is 2.07 bits per heavy atom. The number of allylic oxidation sites excluding steroid dienone is 1. The molecule has 2 aromatic rings. The van der Waals surface area contributed by atoms with Gasteiger partial charge in [0.25, 0.3) is 5.56 Å². The monoisotopic (exact) mass is 399 g/mol. The molecule has 1 aromatic heterocycles. The molecule has 1 atom stereocenters. The first-order valence-electron chi connectivity index (χ1n) is 10.1. The Labute approximate surface area is 170 Å². The van der Waals surface area contributed by atoms with E-state index in [0.717, 1.165) is 19.4 Å². The predicted octanol–water partition coefficient (Wildman–Crippen LogP) is 4.24. The molecule has 6 heteroatoms. The van der Waals surface area contributed by atoms with E-state index >= 15 is 0 Å². The van der Waals surface area contributed by atoms with Crippen LogP contribution in [0.2, 0.25) is 0 Å². The molecule has 28 heavy (non-hydrogen) atoms. The molecule has 3 rings (SSSR count). The van der Waals surface area contributed by atoms with Gasteiger partial charge in [-0.25, -0.2) is 4.98 Å². The number of carbonyl (C=O) groups is 1. The van der Waals surface area contributed by atoms with Gasteiger partial charge in [-0.05, 0) is 38.8 Å². The number of carbonyl (C=O) groups excluding carboxylic acids is 1. The van der Waals surface area contributed by atoms with Crippen molar-refractivity contribution in [2.24, 2.45) is 0 Å². The van der Waals surface area contributed by atoms with Crippen LogP contribution in [0, 0.1) is 0 Å². The molecule has 0 spiro atoms. The van der Waals surface area contributed by atoms with E-state index in [2.05, 4.69) is 11.6 Å². The van der Waals surface area contributed by atoms with Gasteiger partial charge in [-0.15, -0.1) is 6.58 Å². The Bertz CT molecular complexity index is 902. The SMILES string of the molecule is C=CCn1c(SC(C)C(=O)N(CC)C2CCCCC2)nc2ccccc2c1=O. The van der Waals surface area contributed by atoms with Gasteiger partial charge in [0.05, 0.1) is 16.2 Å². The van der Waals surface area contributed by atoms with Crippen LogP contribution >= 0.6 is 11.8 Å². The minimum Gasteiger partial charge on any atom is -0.339 e. The zero-order chi connectivity index (χ0) is 20.1. The maximum absolute atomic E-state index is 13.2. The summed E-state index contributed by atoms with van der Waals surface area (Å²) >= 11 is 1.37. The molecule has 1 saturated carbocycles. The zero-order valence-electron chi connectivity index (χ0n) is 16.8. The van der Waals surface area contributed by atoms with Crippen LogP contribution in [0.15, 0.2) is 46.9 Å². The van der Waals surface area contributed by atoms with Gasteiger partial charge in [-0.3, -0.25) is 14.2 Å². The van der Waals surface area contributed by atoms with Gasteiger partial charge in [0.15, 0.2) is 5.16 Å². The number of amides is 1. The van der Waals surface area contributed by atoms with Gasteiger partial charge in [0.1, 0.15) is 0 Å². The molecule has 0 bridgehead atoms. The van der Waals surface area contributed by atoms with E-state index in [-0.39, 0.29) is 16.7 Å². The van der Waals surface area contributed by atoms with Crippen LogP contribution in [0.25, 0.3) is 10.9 Å². The van der Waals surface area contributed by atoms with Crippen molar-refractivity contribution in [1.82, 2.24) is 14.5 Å². The van der Waals surface area contributed by atoms with Crippen LogP contribution in [-0.2, 0) is 11.3 Å². The van der Waals surface area contributed by atoms with Crippen molar-refractivity contribution in [2.45, 2.75) is 68.9 Å². The quantitative estimate of drug-likeness (QED) is 0.397. The molecule has 1 unspecified atom stereocenters. The lowest BCUT2D eigenvalue weighted by Crippen LogP contribution is -2.44. The third-order valence-corrected chi connectivity index (χ3v) is 6.49. The summed E-state index contributed by atoms with van der Waals surface area (Å²) in [5.74, 6) is 0.131. The largest absolute Gasteiger partial charge is 0.339 e. The first-order chi connectivity index (χ1) is 13.6. The summed E-state index contributed by atoms with van der Waals surface area (Å²) in [4.78, 5) is 32.8. The Morgan fingerprint density at radius 3 is 2.75 bits per heavy atom. The summed E-state index contributed by atoms with van der Waals surface area (Å²) in [6.07, 6.45) is 7.52. The van der Waals surface area contributed by atoms with Crippen molar-refractivity contribution in [3.05, 3.63) is 47.3 Å². The average Bonchev–Trinajstić information content (AvgIpc) is 2.72. The smallest absolute Gasteiger partial charge is 0.262 e. The lowest BCUT2D eigenvalue weighted by Gasteiger charge is -2.35. The number of thioether (sulfide) groups is 1. The second kappa shape index (κ2) is 9.41. The topological polar surface area (TPSA) is 55.2 Å². The van der Waals surface area contributed by atoms with E-state index in [1.54, 1.807) is 16.7 Å². The standard InChI is InChI=1S/C22H29N3O2S/c1-4-15-25-21(27)18-13-9-10-14-19(18)23-22(25)28-16(3)20(26)24(5-2)17-11-7-6-8-12-17/h4,9-10,13-14,16-17H,1,5-8,11-12,15H2,2-3H3. The molecule has 1 amide bonds. The van der Waals surface area contributed by atoms with Crippen molar-refractivity contribution < 1.29 is 4.79 Å². The highest BCUT2D eigenvalue weighted by Gasteiger charge is 2.29. The zero-order valence-corrected chi connectivity index (χ0v) is 17.6. The highest BCUT2D eigenvalue weighted by atomic mass is 32.2. The van der Waals surface area contributed by atoms with Gasteiger partial charge in [-0.2, -0.15) is 0 Å². The molecule has 1 aliphatic carbocycles. The predicted molar refractivity (Wildman–Crippen MR) is 116 cm³/mol. The number of fused-ring (bicyclic) bond motifs is 1. The Balaban J connectivity index is 1.87. The maximum Gasteiger partial charge on any atom is 0.262 e. The fraction of sp³-hybridized carbons (Fsp3) is 0.500. The number of para-hydroxylation sites is 1. The fourth-order valence-electron chi connectivity index (χ4n) is 3.96. The second-order valence-electron chi connectivity index (χ2n) is 7.29. The van der Waals surface area contributed by atoms with Crippen molar-refractivity contribution in [2.75, 3.05) is 6.54 Å². The van der Waals surface area contributed by atoms with Crippen molar-refractivity contribution in [3.8, 4) is 0 Å². The lowest BCUT2D eigenvalue weighted by molar-refractivity contribution is -0.133. The van der Waals surface area contributed by atoms with Crippen LogP contribution in [0.5, 0.6) is 0 Å². The number of hydrogen-bond donors (Lipinski definition) is 0. The van der Waals surface area contributed by atoms with Crippen LogP contribution < -0.4 is 5.56 Å². The van der Waals surface area contributed by atoms with Gasteiger partial charge in [-0.1, -0.05) is 49.2 Å². The number of aromatic nitrogens is 2. The molecule has 0 saturated heterocycles. The molecule has 150 valence electrons. The van der Waals surface area contributed by atoms with E-state index in [9.17, 15) is 9.59 Å². The third kappa shape index (κ3) is 4.32. The molecule has 1 fully saturated rings. The third-order valence-electron chi connectivity index (χ3n) is 5.41. The number of rotatable bonds is 7. The fourth-order valence-corrected chi connectivity index (χ4v) is 4.94. The van der Waals surface area contributed by atoms with E-state index < -0.39 is 0 Å². The molecule has 1 aromatic carbocycles. The molecular formula is C22H29N3O2S. The molecule has 0 radical (unpaired) electrons. The van der Waals surface area contributed by atoms with Gasteiger partial charge in [0, 0.05) is 19.1 Å². The Hall–Kier alpha value is -2.08. The van der Waals surface area contributed by atoms with Crippen molar-refractivity contribution >= 4 is 28.6 Å². The highest BCUT2D eigenvalue weighted by molar-refractivity contribution is 8.00. The van der Waals surface area contributed by atoms with E-state index in [4.69, 9.17) is 0 Å². The first-order valence-corrected chi connectivity index (χ1v) is 11.0. The Kier molecular flexibility index (Phi) is 6.94. The van der Waals surface area contributed by atoms with Gasteiger partial charge >= 0.3 is 0 Å². The van der Waals surface area contributed by atoms with Crippen LogP contribution in [0.3, 0.4) is 0 Å². The molecule has 0 aliphatic heterocycles. The average molecular weight is 400 g/mol. The van der Waals surface area contributed by atoms with E-state index in [0.29, 0.717) is 28.6 Å². The van der Waals surface area contributed by atoms with E-state index in [1.807, 2.05) is 36.9 Å². The number of nitrogens with zero attached hydrogens (tertiary/aromatic N) is 3. The first kappa shape index (κ1) is 20.6. The summed E-state index contributed by atoms with van der Waals surface area (Å²) in [6.45, 7) is 8.82. The normalized spacial score (nSPS) is 16.1. The summed E-state index contributed by atoms with van der Waals surface area (Å²) < 4.78 is 1.61. The summed E-state index contributed by atoms with van der Waals surface area (Å²) in [5.41, 5.74) is 0.571. The molecular weight excluding hydrogens is 370 g/mol. The number of benzene rings is 1. The van der Waals surface area contributed by atoms with Crippen molar-refractivity contribution in [1.29, 1.82) is 0 Å². The number of hydrogen-bond acceptors (Lipinski definition) is 4. The molecule has 0 N–H and O–H groups in total. The van der Waals surface area contributed by atoms with Gasteiger partial charge < -0.3 is 4.90 Å².